The predicted octanol–water partition coefficient (Wildman–Crippen LogP) is 1.64. The minimum Gasteiger partial charge on any atom is -0.495 e. The van der Waals surface area contributed by atoms with E-state index in [1.165, 1.54) is 14.0 Å². The van der Waals surface area contributed by atoms with Crippen molar-refractivity contribution in [1.82, 2.24) is 4.57 Å². The minimum absolute atomic E-state index is 0.0241. The number of aryl methyl sites for hydroxylation is 1. The number of ether oxygens (including phenoxy) is 2. The van der Waals surface area contributed by atoms with Crippen molar-refractivity contribution in [2.75, 3.05) is 12.8 Å². The Bertz CT molecular complexity index is 688. The van der Waals surface area contributed by atoms with Crippen molar-refractivity contribution in [1.29, 1.82) is 0 Å². The average molecular weight is 276 g/mol. The molecular weight excluding hydrogens is 260 g/mol. The van der Waals surface area contributed by atoms with E-state index in [-0.39, 0.29) is 6.61 Å². The third-order valence-electron chi connectivity index (χ3n) is 3.28. The molecule has 2 aromatic rings. The zero-order valence-electron chi connectivity index (χ0n) is 11.6. The molecule has 1 aromatic carbocycles. The van der Waals surface area contributed by atoms with Gasteiger partial charge in [-0.15, -0.1) is 0 Å². The quantitative estimate of drug-likeness (QED) is 0.521. The summed E-state index contributed by atoms with van der Waals surface area (Å²) in [5.41, 5.74) is 8.24. The van der Waals surface area contributed by atoms with Crippen LogP contribution in [-0.4, -0.2) is 23.9 Å². The molecule has 0 radical (unpaired) electrons. The minimum atomic E-state index is -0.405. The molecule has 0 saturated carbocycles. The fraction of sp³-hybridized carbons (Fsp3) is 0.286. The molecule has 2 N–H and O–H groups in total. The third kappa shape index (κ3) is 2.09. The van der Waals surface area contributed by atoms with Crippen molar-refractivity contribution >= 4 is 28.8 Å². The molecular formula is C14H16N2O4. The molecule has 0 spiro atoms. The summed E-state index contributed by atoms with van der Waals surface area (Å²) >= 11 is 0. The highest BCUT2D eigenvalue weighted by atomic mass is 16.5. The number of esters is 1. The number of carbonyl (C=O) groups excluding carboxylic acids is 2. The molecule has 20 heavy (non-hydrogen) atoms. The molecule has 0 atom stereocenters. The Morgan fingerprint density at radius 3 is 2.70 bits per heavy atom. The number of nitrogen functional groups attached to an aromatic ring is 1. The number of hydrogen-bond donors (Lipinski definition) is 1. The fourth-order valence-corrected chi connectivity index (χ4v) is 2.27. The number of carbonyl (C=O) groups is 2. The highest BCUT2D eigenvalue weighted by Crippen LogP contribution is 2.35. The first-order valence-corrected chi connectivity index (χ1v) is 6.03. The summed E-state index contributed by atoms with van der Waals surface area (Å²) in [6, 6.07) is 3.55. The summed E-state index contributed by atoms with van der Waals surface area (Å²) < 4.78 is 11.9. The second-order valence-electron chi connectivity index (χ2n) is 4.39. The van der Waals surface area contributed by atoms with Crippen molar-refractivity contribution < 1.29 is 19.1 Å². The number of nitrogens with two attached hydrogens (primary N) is 1. The van der Waals surface area contributed by atoms with Crippen LogP contribution in [0.4, 0.5) is 5.69 Å². The number of hydrogen-bond acceptors (Lipinski definition) is 5. The zero-order chi connectivity index (χ0) is 14.9. The summed E-state index contributed by atoms with van der Waals surface area (Å²) in [7, 11) is 3.31. The lowest BCUT2D eigenvalue weighted by Gasteiger charge is -2.06. The van der Waals surface area contributed by atoms with Crippen LogP contribution in [-0.2, 0) is 23.2 Å². The summed E-state index contributed by atoms with van der Waals surface area (Å²) in [6.07, 6.45) is 0.719. The number of benzene rings is 1. The van der Waals surface area contributed by atoms with E-state index in [4.69, 9.17) is 15.2 Å². The van der Waals surface area contributed by atoms with Crippen LogP contribution >= 0.6 is 0 Å². The maximum Gasteiger partial charge on any atom is 0.303 e. The number of methoxy groups -OCH3 is 1. The van der Waals surface area contributed by atoms with E-state index < -0.39 is 5.97 Å². The lowest BCUT2D eigenvalue weighted by Crippen LogP contribution is -2.05. The van der Waals surface area contributed by atoms with E-state index in [0.29, 0.717) is 28.1 Å². The van der Waals surface area contributed by atoms with Gasteiger partial charge >= 0.3 is 5.97 Å². The van der Waals surface area contributed by atoms with Gasteiger partial charge in [-0.25, -0.2) is 0 Å². The van der Waals surface area contributed by atoms with Crippen LogP contribution in [0.25, 0.3) is 10.9 Å². The van der Waals surface area contributed by atoms with Crippen LogP contribution in [0.3, 0.4) is 0 Å². The van der Waals surface area contributed by atoms with Gasteiger partial charge in [0.15, 0.2) is 6.29 Å². The molecule has 6 nitrogen and oxygen atoms in total. The lowest BCUT2D eigenvalue weighted by molar-refractivity contribution is -0.142. The lowest BCUT2D eigenvalue weighted by atomic mass is 10.1. The predicted molar refractivity (Wildman–Crippen MR) is 74.7 cm³/mol. The van der Waals surface area contributed by atoms with E-state index in [9.17, 15) is 9.59 Å². The van der Waals surface area contributed by atoms with E-state index in [0.717, 1.165) is 11.8 Å². The van der Waals surface area contributed by atoms with Gasteiger partial charge in [0.2, 0.25) is 0 Å². The van der Waals surface area contributed by atoms with E-state index in [1.54, 1.807) is 17.7 Å². The molecule has 6 heteroatoms. The number of rotatable bonds is 4. The van der Waals surface area contributed by atoms with Crippen LogP contribution in [0.15, 0.2) is 12.1 Å². The number of anilines is 1. The van der Waals surface area contributed by atoms with Crippen LogP contribution < -0.4 is 10.5 Å². The first-order valence-electron chi connectivity index (χ1n) is 6.03. The highest BCUT2D eigenvalue weighted by Gasteiger charge is 2.19. The summed E-state index contributed by atoms with van der Waals surface area (Å²) in [6.45, 7) is 1.34. The normalized spacial score (nSPS) is 10.6. The largest absolute Gasteiger partial charge is 0.495 e. The number of aromatic nitrogens is 1. The van der Waals surface area contributed by atoms with E-state index >= 15 is 0 Å². The molecule has 0 unspecified atom stereocenters. The third-order valence-corrected chi connectivity index (χ3v) is 3.28. The highest BCUT2D eigenvalue weighted by molar-refractivity contribution is 6.07. The van der Waals surface area contributed by atoms with Gasteiger partial charge in [0.25, 0.3) is 0 Å². The maximum absolute atomic E-state index is 11.4. The van der Waals surface area contributed by atoms with E-state index in [2.05, 4.69) is 0 Å². The van der Waals surface area contributed by atoms with E-state index in [1.807, 2.05) is 6.07 Å². The van der Waals surface area contributed by atoms with Gasteiger partial charge in [0.1, 0.15) is 12.4 Å². The average Bonchev–Trinajstić information content (AvgIpc) is 2.70. The fourth-order valence-electron chi connectivity index (χ4n) is 2.27. The second kappa shape index (κ2) is 5.24. The van der Waals surface area contributed by atoms with Gasteiger partial charge in [-0.1, -0.05) is 0 Å². The number of nitrogens with zero attached hydrogens (tertiary/aromatic N) is 1. The smallest absolute Gasteiger partial charge is 0.303 e. The summed E-state index contributed by atoms with van der Waals surface area (Å²) in [4.78, 5) is 22.3. The van der Waals surface area contributed by atoms with Crippen LogP contribution in [0, 0.1) is 0 Å². The zero-order valence-corrected chi connectivity index (χ0v) is 11.6. The van der Waals surface area contributed by atoms with Crippen LogP contribution in [0.2, 0.25) is 0 Å². The Morgan fingerprint density at radius 1 is 1.45 bits per heavy atom. The monoisotopic (exact) mass is 276 g/mol. The Kier molecular flexibility index (Phi) is 3.65. The van der Waals surface area contributed by atoms with Crippen molar-refractivity contribution in [3.8, 4) is 5.75 Å². The van der Waals surface area contributed by atoms with Gasteiger partial charge in [0, 0.05) is 24.9 Å². The summed E-state index contributed by atoms with van der Waals surface area (Å²) in [5, 5.41) is 0.615. The first kappa shape index (κ1) is 13.9. The molecule has 0 aliphatic heterocycles. The molecule has 2 rings (SSSR count). The molecule has 0 bridgehead atoms. The molecule has 1 aromatic heterocycles. The van der Waals surface area contributed by atoms with Gasteiger partial charge in [0.05, 0.1) is 24.0 Å². The standard InChI is InChI=1S/C14H16N2O4/c1-8(18)20-7-11-9(6-17)13-10(16(11)2)4-5-12(19-3)14(13)15/h4-6H,7,15H2,1-3H3. The molecule has 0 fully saturated rings. The van der Waals surface area contributed by atoms with Crippen LogP contribution in [0.5, 0.6) is 5.75 Å². The Hall–Kier alpha value is -2.50. The SMILES string of the molecule is COc1ccc2c(c1N)c(C=O)c(COC(C)=O)n2C. The number of fused-ring (bicyclic) bond motifs is 1. The van der Waals surface area contributed by atoms with Gasteiger partial charge in [-0.05, 0) is 12.1 Å². The first-order chi connectivity index (χ1) is 9.51. The molecule has 1 heterocycles. The Labute approximate surface area is 116 Å². The second-order valence-corrected chi connectivity index (χ2v) is 4.39. The van der Waals surface area contributed by atoms with Gasteiger partial charge < -0.3 is 19.8 Å². The maximum atomic E-state index is 11.4. The van der Waals surface area contributed by atoms with Crippen molar-refractivity contribution in [2.24, 2.45) is 7.05 Å². The Balaban J connectivity index is 2.70. The van der Waals surface area contributed by atoms with Crippen LogP contribution in [0.1, 0.15) is 23.0 Å². The van der Waals surface area contributed by atoms with Crippen molar-refractivity contribution in [3.05, 3.63) is 23.4 Å². The van der Waals surface area contributed by atoms with Crippen molar-refractivity contribution in [2.45, 2.75) is 13.5 Å². The van der Waals surface area contributed by atoms with Gasteiger partial charge in [-0.2, -0.15) is 0 Å². The topological polar surface area (TPSA) is 83.6 Å². The molecule has 0 aliphatic carbocycles. The Morgan fingerprint density at radius 2 is 2.15 bits per heavy atom. The van der Waals surface area contributed by atoms with Gasteiger partial charge in [-0.3, -0.25) is 9.59 Å². The molecule has 0 aliphatic rings. The molecule has 0 saturated heterocycles. The molecule has 106 valence electrons. The summed E-state index contributed by atoms with van der Waals surface area (Å²) in [5.74, 6) is 0.0999. The number of aldehydes is 1. The van der Waals surface area contributed by atoms with Crippen molar-refractivity contribution in [3.63, 3.8) is 0 Å². The molecule has 0 amide bonds.